The normalized spacial score (nSPS) is 16.6. The fraction of sp³-hybridized carbons (Fsp3) is 0.791. The maximum absolute atomic E-state index is 14.2. The van der Waals surface area contributed by atoms with E-state index in [-0.39, 0.29) is 24.0 Å². The highest BCUT2D eigenvalue weighted by Gasteiger charge is 2.38. The van der Waals surface area contributed by atoms with Crippen LogP contribution in [0.2, 0.25) is 0 Å². The highest BCUT2D eigenvalue weighted by molar-refractivity contribution is 5.98. The molecule has 0 saturated heterocycles. The molecular weight excluding hydrogens is 777 g/mol. The third-order valence-electron chi connectivity index (χ3n) is 11.0. The number of rotatable bonds is 29. The van der Waals surface area contributed by atoms with Crippen molar-refractivity contribution < 1.29 is 53.4 Å². The Morgan fingerprint density at radius 1 is 0.550 bits per heavy atom. The van der Waals surface area contributed by atoms with Crippen LogP contribution in [0.1, 0.15) is 158 Å². The number of nitrogens with one attached hydrogen (secondary N) is 6. The van der Waals surface area contributed by atoms with Crippen LogP contribution >= 0.6 is 0 Å². The van der Waals surface area contributed by atoms with Gasteiger partial charge in [0, 0.05) is 19.8 Å². The molecule has 8 N–H and O–H groups in total. The van der Waals surface area contributed by atoms with Crippen LogP contribution in [0.3, 0.4) is 0 Å². The quantitative estimate of drug-likeness (QED) is 0.0505. The number of hydrogen-bond donors (Lipinski definition) is 8. The van der Waals surface area contributed by atoms with E-state index in [0.717, 1.165) is 51.9 Å². The molecule has 342 valence electrons. The van der Waals surface area contributed by atoms with Crippen LogP contribution in [0.5, 0.6) is 0 Å². The number of Topliss-reactive ketones (excluding diaryl/α,β-unsaturated/α-hetero) is 1. The minimum Gasteiger partial charge on any atom is -0.481 e. The van der Waals surface area contributed by atoms with Gasteiger partial charge in [0.05, 0.1) is 12.5 Å². The van der Waals surface area contributed by atoms with Crippen molar-refractivity contribution in [3.63, 3.8) is 0 Å². The molecule has 1 fully saturated rings. The molecular formula is C43H74N6O11. The lowest BCUT2D eigenvalue weighted by Crippen LogP contribution is -2.61. The predicted octanol–water partition coefficient (Wildman–Crippen LogP) is 3.51. The number of aliphatic carboxylic acids is 2. The molecule has 1 rings (SSSR count). The zero-order valence-electron chi connectivity index (χ0n) is 37.2. The summed E-state index contributed by atoms with van der Waals surface area (Å²) in [5, 5.41) is 34.4. The SMILES string of the molecule is CC[C@H](NC(=O)[C@@H](NC(=O)[C@@H](NC(=O)[C@H](CC(C)C)NC(=O)[C@@H](CCC(=O)O)NC(=O)[C@H](CC(=O)O)NC(C)=O)[C@@H](C)CC)C1CCCCC1)C(=O)CCCCCC(C)C. The van der Waals surface area contributed by atoms with Crippen LogP contribution in [0.15, 0.2) is 0 Å². The topological polar surface area (TPSA) is 266 Å². The van der Waals surface area contributed by atoms with Crippen molar-refractivity contribution in [2.24, 2.45) is 23.7 Å². The van der Waals surface area contributed by atoms with Crippen molar-refractivity contribution in [2.45, 2.75) is 194 Å². The Hall–Kier alpha value is -4.57. The van der Waals surface area contributed by atoms with E-state index >= 15 is 0 Å². The summed E-state index contributed by atoms with van der Waals surface area (Å²) in [6.45, 7) is 14.4. The van der Waals surface area contributed by atoms with Gasteiger partial charge in [0.15, 0.2) is 5.78 Å². The van der Waals surface area contributed by atoms with Crippen LogP contribution in [-0.4, -0.2) is 99.6 Å². The number of carbonyl (C=O) groups is 9. The summed E-state index contributed by atoms with van der Waals surface area (Å²) >= 11 is 0. The van der Waals surface area contributed by atoms with Crippen molar-refractivity contribution in [1.29, 1.82) is 0 Å². The molecule has 7 atom stereocenters. The minimum absolute atomic E-state index is 0.0512. The van der Waals surface area contributed by atoms with Crippen LogP contribution in [0.25, 0.3) is 0 Å². The largest absolute Gasteiger partial charge is 0.481 e. The Morgan fingerprint density at radius 3 is 1.67 bits per heavy atom. The fourth-order valence-electron chi connectivity index (χ4n) is 7.35. The number of amides is 6. The Kier molecular flexibility index (Phi) is 25.0. The first kappa shape index (κ1) is 53.4. The monoisotopic (exact) mass is 851 g/mol. The molecule has 0 radical (unpaired) electrons. The van der Waals surface area contributed by atoms with Gasteiger partial charge in [0.25, 0.3) is 0 Å². The molecule has 17 nitrogen and oxygen atoms in total. The van der Waals surface area contributed by atoms with Gasteiger partial charge in [-0.05, 0) is 62.2 Å². The van der Waals surface area contributed by atoms with E-state index in [2.05, 4.69) is 45.7 Å². The van der Waals surface area contributed by atoms with E-state index in [1.165, 1.54) is 0 Å². The average Bonchev–Trinajstić information content (AvgIpc) is 3.17. The molecule has 17 heteroatoms. The van der Waals surface area contributed by atoms with E-state index in [0.29, 0.717) is 38.0 Å². The molecule has 0 aromatic heterocycles. The van der Waals surface area contributed by atoms with E-state index in [4.69, 9.17) is 0 Å². The number of ketones is 1. The van der Waals surface area contributed by atoms with Gasteiger partial charge >= 0.3 is 11.9 Å². The van der Waals surface area contributed by atoms with E-state index < -0.39 is 109 Å². The van der Waals surface area contributed by atoms with E-state index in [1.54, 1.807) is 20.8 Å². The second-order valence-corrected chi connectivity index (χ2v) is 17.2. The molecule has 1 saturated carbocycles. The van der Waals surface area contributed by atoms with Crippen LogP contribution in [0, 0.1) is 23.7 Å². The minimum atomic E-state index is -1.57. The lowest BCUT2D eigenvalue weighted by molar-refractivity contribution is -0.141. The molecule has 1 aliphatic carbocycles. The van der Waals surface area contributed by atoms with Gasteiger partial charge in [-0.3, -0.25) is 43.2 Å². The highest BCUT2D eigenvalue weighted by Crippen LogP contribution is 2.27. The Labute approximate surface area is 355 Å². The average molecular weight is 851 g/mol. The summed E-state index contributed by atoms with van der Waals surface area (Å²) in [6, 6.07) is -7.16. The second kappa shape index (κ2) is 28.0. The number of carbonyl (C=O) groups excluding carboxylic acids is 7. The first-order valence-electron chi connectivity index (χ1n) is 22.0. The third-order valence-corrected chi connectivity index (χ3v) is 11.0. The smallest absolute Gasteiger partial charge is 0.305 e. The van der Waals surface area contributed by atoms with Crippen molar-refractivity contribution in [3.8, 4) is 0 Å². The number of unbranched alkanes of at least 4 members (excludes halogenated alkanes) is 2. The first-order valence-corrected chi connectivity index (χ1v) is 22.0. The van der Waals surface area contributed by atoms with Gasteiger partial charge in [-0.25, -0.2) is 0 Å². The molecule has 0 bridgehead atoms. The van der Waals surface area contributed by atoms with Crippen LogP contribution < -0.4 is 31.9 Å². The summed E-state index contributed by atoms with van der Waals surface area (Å²) in [5.74, 6) is -7.40. The standard InChI is InChI=1S/C43H74N6O11/c1-9-27(7)37(42(59)49-38(29-18-14-12-15-19-29)43(60)45-30(10-2)34(51)20-16-11-13-17-25(3)4)48-41(58)32(23-26(5)6)47-39(56)31(21-22-35(52)53)46-40(57)33(24-36(54)55)44-28(8)50/h25-27,29-33,37-38H,9-24H2,1-8H3,(H,44,50)(H,45,60)(H,46,57)(H,47,56)(H,48,58)(H,49,59)(H,52,53)(H,54,55)/t27-,30-,31+,32-,33-,37-,38-/m0/s1. The molecule has 1 aliphatic rings. The maximum Gasteiger partial charge on any atom is 0.305 e. The van der Waals surface area contributed by atoms with Crippen LogP contribution in [0.4, 0.5) is 0 Å². The van der Waals surface area contributed by atoms with Crippen molar-refractivity contribution in [3.05, 3.63) is 0 Å². The predicted molar refractivity (Wildman–Crippen MR) is 225 cm³/mol. The molecule has 0 aromatic carbocycles. The van der Waals surface area contributed by atoms with Crippen LogP contribution in [-0.2, 0) is 43.2 Å². The molecule has 0 unspecified atom stereocenters. The number of carboxylic acids is 2. The van der Waals surface area contributed by atoms with Gasteiger partial charge in [0.1, 0.15) is 30.2 Å². The van der Waals surface area contributed by atoms with Gasteiger partial charge < -0.3 is 42.1 Å². The summed E-state index contributed by atoms with van der Waals surface area (Å²) in [5.41, 5.74) is 0. The molecule has 6 amide bonds. The summed E-state index contributed by atoms with van der Waals surface area (Å²) < 4.78 is 0. The molecule has 0 aromatic rings. The lowest BCUT2D eigenvalue weighted by atomic mass is 9.83. The molecule has 0 aliphatic heterocycles. The zero-order chi connectivity index (χ0) is 45.5. The fourth-order valence-corrected chi connectivity index (χ4v) is 7.35. The van der Waals surface area contributed by atoms with Crippen molar-refractivity contribution in [2.75, 3.05) is 0 Å². The second-order valence-electron chi connectivity index (χ2n) is 17.2. The molecule has 0 spiro atoms. The van der Waals surface area contributed by atoms with E-state index in [1.807, 2.05) is 13.8 Å². The summed E-state index contributed by atoms with van der Waals surface area (Å²) in [4.78, 5) is 117. The third kappa shape index (κ3) is 20.6. The maximum atomic E-state index is 14.2. The van der Waals surface area contributed by atoms with Gasteiger partial charge in [-0.1, -0.05) is 93.4 Å². The molecule has 60 heavy (non-hydrogen) atoms. The van der Waals surface area contributed by atoms with Crippen molar-refractivity contribution in [1.82, 2.24) is 31.9 Å². The Morgan fingerprint density at radius 2 is 1.13 bits per heavy atom. The number of hydrogen-bond acceptors (Lipinski definition) is 9. The lowest BCUT2D eigenvalue weighted by Gasteiger charge is -2.33. The first-order chi connectivity index (χ1) is 28.2. The highest BCUT2D eigenvalue weighted by atomic mass is 16.4. The summed E-state index contributed by atoms with van der Waals surface area (Å²) in [6.07, 6.45) is 7.41. The van der Waals surface area contributed by atoms with Gasteiger partial charge in [0.2, 0.25) is 35.4 Å². The Bertz CT molecular complexity index is 1430. The van der Waals surface area contributed by atoms with Crippen molar-refractivity contribution >= 4 is 53.2 Å². The summed E-state index contributed by atoms with van der Waals surface area (Å²) in [7, 11) is 0. The Balaban J connectivity index is 3.32. The number of carboxylic acid groups (broad SMARTS) is 2. The zero-order valence-corrected chi connectivity index (χ0v) is 37.2. The van der Waals surface area contributed by atoms with Gasteiger partial charge in [-0.2, -0.15) is 0 Å². The molecule has 0 heterocycles. The van der Waals surface area contributed by atoms with E-state index in [9.17, 15) is 53.4 Å². The van der Waals surface area contributed by atoms with Gasteiger partial charge in [-0.15, -0.1) is 0 Å².